The number of benzene rings is 1. The minimum atomic E-state index is 0.428. The molecule has 1 saturated carbocycles. The average Bonchev–Trinajstić information content (AvgIpc) is 3.05. The molecule has 2 N–H and O–H groups in total. The predicted molar refractivity (Wildman–Crippen MR) is 78.7 cm³/mol. The van der Waals surface area contributed by atoms with Crippen LogP contribution < -0.4 is 10.5 Å². The van der Waals surface area contributed by atoms with Gasteiger partial charge in [-0.05, 0) is 36.5 Å². The first kappa shape index (κ1) is 13.0. The van der Waals surface area contributed by atoms with Gasteiger partial charge >= 0.3 is 0 Å². The summed E-state index contributed by atoms with van der Waals surface area (Å²) >= 11 is 0. The highest BCUT2D eigenvalue weighted by atomic mass is 16.5. The molecule has 2 atom stereocenters. The lowest BCUT2D eigenvalue weighted by atomic mass is 9.90. The minimum absolute atomic E-state index is 0.428. The Kier molecular flexibility index (Phi) is 3.38. The van der Waals surface area contributed by atoms with Crippen LogP contribution in [0.3, 0.4) is 0 Å². The van der Waals surface area contributed by atoms with Crippen molar-refractivity contribution in [2.24, 2.45) is 5.92 Å². The Morgan fingerprint density at radius 3 is 2.60 bits per heavy atom. The third kappa shape index (κ3) is 2.15. The second-order valence-electron chi connectivity index (χ2n) is 5.55. The van der Waals surface area contributed by atoms with Crippen LogP contribution >= 0.6 is 0 Å². The topological polar surface area (TPSA) is 61.3 Å². The summed E-state index contributed by atoms with van der Waals surface area (Å²) in [5.74, 6) is 3.30. The summed E-state index contributed by atoms with van der Waals surface area (Å²) in [5, 5.41) is 3.99. The highest BCUT2D eigenvalue weighted by molar-refractivity contribution is 5.76. The van der Waals surface area contributed by atoms with Gasteiger partial charge in [0.25, 0.3) is 0 Å². The minimum Gasteiger partial charge on any atom is -0.497 e. The van der Waals surface area contributed by atoms with Gasteiger partial charge < -0.3 is 15.0 Å². The molecule has 0 spiro atoms. The normalized spacial score (nSPS) is 22.1. The van der Waals surface area contributed by atoms with E-state index in [1.807, 2.05) is 24.3 Å². The second kappa shape index (κ2) is 5.19. The van der Waals surface area contributed by atoms with Gasteiger partial charge in [0.2, 0.25) is 0 Å². The average molecular weight is 272 g/mol. The number of nitrogens with zero attached hydrogens (tertiary/aromatic N) is 1. The SMILES string of the molecule is COc1ccc(-c2c(N)noc2C2CCCC2C)cc1. The number of hydrogen-bond donors (Lipinski definition) is 1. The summed E-state index contributed by atoms with van der Waals surface area (Å²) in [4.78, 5) is 0. The van der Waals surface area contributed by atoms with Crippen molar-refractivity contribution in [2.75, 3.05) is 12.8 Å². The summed E-state index contributed by atoms with van der Waals surface area (Å²) in [6, 6.07) is 7.88. The van der Waals surface area contributed by atoms with Crippen molar-refractivity contribution in [3.05, 3.63) is 30.0 Å². The van der Waals surface area contributed by atoms with Crippen molar-refractivity contribution < 1.29 is 9.26 Å². The molecule has 0 saturated heterocycles. The summed E-state index contributed by atoms with van der Waals surface area (Å²) < 4.78 is 10.7. The maximum absolute atomic E-state index is 6.02. The van der Waals surface area contributed by atoms with Crippen LogP contribution in [0.1, 0.15) is 37.9 Å². The molecule has 1 aromatic carbocycles. The Labute approximate surface area is 118 Å². The molecule has 1 heterocycles. The molecule has 0 bridgehead atoms. The Hall–Kier alpha value is -1.97. The number of ether oxygens (including phenoxy) is 1. The van der Waals surface area contributed by atoms with E-state index in [9.17, 15) is 0 Å². The van der Waals surface area contributed by atoms with Crippen molar-refractivity contribution in [1.82, 2.24) is 5.16 Å². The van der Waals surface area contributed by atoms with E-state index in [4.69, 9.17) is 15.0 Å². The third-order valence-electron chi connectivity index (χ3n) is 4.32. The zero-order chi connectivity index (χ0) is 14.1. The number of nitrogen functional groups attached to an aromatic ring is 1. The smallest absolute Gasteiger partial charge is 0.175 e. The van der Waals surface area contributed by atoms with Crippen LogP contribution in [0.25, 0.3) is 11.1 Å². The molecule has 1 aromatic heterocycles. The van der Waals surface area contributed by atoms with Crippen molar-refractivity contribution in [3.8, 4) is 16.9 Å². The highest BCUT2D eigenvalue weighted by Gasteiger charge is 2.31. The van der Waals surface area contributed by atoms with Gasteiger partial charge in [-0.2, -0.15) is 0 Å². The zero-order valence-electron chi connectivity index (χ0n) is 11.9. The number of nitrogens with two attached hydrogens (primary N) is 1. The lowest BCUT2D eigenvalue weighted by Crippen LogP contribution is -2.02. The van der Waals surface area contributed by atoms with Gasteiger partial charge in [0.15, 0.2) is 5.82 Å². The van der Waals surface area contributed by atoms with E-state index in [1.165, 1.54) is 12.8 Å². The van der Waals surface area contributed by atoms with Gasteiger partial charge in [0.05, 0.1) is 12.7 Å². The standard InChI is InChI=1S/C16H20N2O2/c1-10-4-3-5-13(10)15-14(16(17)18-20-15)11-6-8-12(19-2)9-7-11/h6-10,13H,3-5H2,1-2H3,(H2,17,18). The monoisotopic (exact) mass is 272 g/mol. The summed E-state index contributed by atoms with van der Waals surface area (Å²) in [5.41, 5.74) is 8.01. The van der Waals surface area contributed by atoms with E-state index in [2.05, 4.69) is 12.1 Å². The number of rotatable bonds is 3. The molecule has 3 rings (SSSR count). The van der Waals surface area contributed by atoms with E-state index < -0.39 is 0 Å². The maximum Gasteiger partial charge on any atom is 0.175 e. The van der Waals surface area contributed by atoms with Crippen LogP contribution in [0.2, 0.25) is 0 Å². The van der Waals surface area contributed by atoms with Gasteiger partial charge in [-0.3, -0.25) is 0 Å². The van der Waals surface area contributed by atoms with Crippen molar-refractivity contribution >= 4 is 5.82 Å². The summed E-state index contributed by atoms with van der Waals surface area (Å²) in [6.07, 6.45) is 3.64. The van der Waals surface area contributed by atoms with Crippen LogP contribution in [0.15, 0.2) is 28.8 Å². The lowest BCUT2D eigenvalue weighted by Gasteiger charge is -2.13. The number of hydrogen-bond acceptors (Lipinski definition) is 4. The molecule has 2 aromatic rings. The molecule has 0 aliphatic heterocycles. The molecule has 0 amide bonds. The Morgan fingerprint density at radius 1 is 1.25 bits per heavy atom. The van der Waals surface area contributed by atoms with Crippen molar-refractivity contribution in [2.45, 2.75) is 32.1 Å². The van der Waals surface area contributed by atoms with Gasteiger partial charge in [-0.15, -0.1) is 0 Å². The quantitative estimate of drug-likeness (QED) is 0.922. The molecule has 1 aliphatic carbocycles. The van der Waals surface area contributed by atoms with Crippen LogP contribution in [-0.2, 0) is 0 Å². The first-order valence-corrected chi connectivity index (χ1v) is 7.10. The van der Waals surface area contributed by atoms with E-state index in [0.29, 0.717) is 17.7 Å². The molecule has 1 aliphatic rings. The molecule has 4 nitrogen and oxygen atoms in total. The summed E-state index contributed by atoms with van der Waals surface area (Å²) in [6.45, 7) is 2.27. The fraction of sp³-hybridized carbons (Fsp3) is 0.438. The summed E-state index contributed by atoms with van der Waals surface area (Å²) in [7, 11) is 1.66. The molecular weight excluding hydrogens is 252 g/mol. The van der Waals surface area contributed by atoms with Crippen molar-refractivity contribution in [1.29, 1.82) is 0 Å². The van der Waals surface area contributed by atoms with E-state index in [1.54, 1.807) is 7.11 Å². The number of methoxy groups -OCH3 is 1. The van der Waals surface area contributed by atoms with E-state index >= 15 is 0 Å². The highest BCUT2D eigenvalue weighted by Crippen LogP contribution is 2.44. The first-order chi connectivity index (χ1) is 9.70. The largest absolute Gasteiger partial charge is 0.497 e. The Morgan fingerprint density at radius 2 is 2.00 bits per heavy atom. The number of anilines is 1. The van der Waals surface area contributed by atoms with Crippen LogP contribution in [0, 0.1) is 5.92 Å². The molecular formula is C16H20N2O2. The second-order valence-corrected chi connectivity index (χ2v) is 5.55. The van der Waals surface area contributed by atoms with Crippen LogP contribution in [-0.4, -0.2) is 12.3 Å². The number of aromatic nitrogens is 1. The van der Waals surface area contributed by atoms with Gasteiger partial charge in [0.1, 0.15) is 11.5 Å². The zero-order valence-corrected chi connectivity index (χ0v) is 11.9. The van der Waals surface area contributed by atoms with E-state index in [0.717, 1.165) is 29.1 Å². The van der Waals surface area contributed by atoms with Gasteiger partial charge in [-0.1, -0.05) is 30.6 Å². The van der Waals surface area contributed by atoms with Crippen LogP contribution in [0.4, 0.5) is 5.82 Å². The molecule has 1 fully saturated rings. The molecule has 106 valence electrons. The fourth-order valence-corrected chi connectivity index (χ4v) is 3.15. The van der Waals surface area contributed by atoms with Crippen molar-refractivity contribution in [3.63, 3.8) is 0 Å². The molecule has 0 radical (unpaired) electrons. The lowest BCUT2D eigenvalue weighted by molar-refractivity contribution is 0.341. The Bertz CT molecular complexity index is 589. The molecule has 4 heteroatoms. The van der Waals surface area contributed by atoms with Gasteiger partial charge in [0, 0.05) is 5.92 Å². The Balaban J connectivity index is 2.01. The van der Waals surface area contributed by atoms with E-state index in [-0.39, 0.29) is 0 Å². The van der Waals surface area contributed by atoms with Gasteiger partial charge in [-0.25, -0.2) is 0 Å². The predicted octanol–water partition coefficient (Wildman–Crippen LogP) is 3.84. The third-order valence-corrected chi connectivity index (χ3v) is 4.32. The first-order valence-electron chi connectivity index (χ1n) is 7.10. The van der Waals surface area contributed by atoms with Crippen LogP contribution in [0.5, 0.6) is 5.75 Å². The fourth-order valence-electron chi connectivity index (χ4n) is 3.15. The molecule has 20 heavy (non-hydrogen) atoms. The molecule has 2 unspecified atom stereocenters. The maximum atomic E-state index is 6.02.